The molecule has 0 unspecified atom stereocenters. The average Bonchev–Trinajstić information content (AvgIpc) is 2.84. The number of carbonyl (C=O) groups excluding carboxylic acids is 2. The summed E-state index contributed by atoms with van der Waals surface area (Å²) < 4.78 is 0.780. The highest BCUT2D eigenvalue weighted by Gasteiger charge is 2.16. The Hall–Kier alpha value is -1.73. The van der Waals surface area contributed by atoms with Gasteiger partial charge in [-0.25, -0.2) is 0 Å². The third-order valence-corrected chi connectivity index (χ3v) is 4.74. The average molecular weight is 321 g/mol. The Bertz CT molecular complexity index is 652. The van der Waals surface area contributed by atoms with Crippen LogP contribution in [0.25, 0.3) is 0 Å². The van der Waals surface area contributed by atoms with Gasteiger partial charge in [-0.2, -0.15) is 0 Å². The maximum atomic E-state index is 12.1. The molecule has 0 bridgehead atoms. The van der Waals surface area contributed by atoms with Crippen molar-refractivity contribution in [3.8, 4) is 0 Å². The number of carbonyl (C=O) groups is 2. The van der Waals surface area contributed by atoms with Crippen LogP contribution in [0.1, 0.15) is 29.2 Å². The Kier molecular flexibility index (Phi) is 5.08. The highest BCUT2D eigenvalue weighted by Crippen LogP contribution is 2.26. The van der Waals surface area contributed by atoms with Crippen LogP contribution in [0.5, 0.6) is 0 Å². The third kappa shape index (κ3) is 4.37. The predicted molar refractivity (Wildman–Crippen MR) is 85.0 cm³/mol. The topological polar surface area (TPSA) is 72.0 Å². The zero-order chi connectivity index (χ0) is 15.4. The lowest BCUT2D eigenvalue weighted by molar-refractivity contribution is -0.115. The molecule has 1 N–H and O–H groups in total. The molecule has 1 aromatic heterocycles. The standard InChI is InChI=1S/C14H15N3O2S2/c1-8(18)11-4-6-12(7-5-11)15-13(19)9(2)20-14-17-16-10(3)21-14/h4-7,9H,1-3H3,(H,15,19)/t9-/m0/s1. The lowest BCUT2D eigenvalue weighted by Crippen LogP contribution is -2.22. The lowest BCUT2D eigenvalue weighted by Gasteiger charge is -2.10. The second kappa shape index (κ2) is 6.82. The molecule has 0 aliphatic rings. The van der Waals surface area contributed by atoms with E-state index in [1.807, 2.05) is 13.8 Å². The highest BCUT2D eigenvalue weighted by atomic mass is 32.2. The quantitative estimate of drug-likeness (QED) is 0.676. The fourth-order valence-corrected chi connectivity index (χ4v) is 3.52. The van der Waals surface area contributed by atoms with E-state index in [4.69, 9.17) is 0 Å². The van der Waals surface area contributed by atoms with Gasteiger partial charge in [0.25, 0.3) is 0 Å². The van der Waals surface area contributed by atoms with Crippen LogP contribution in [0.4, 0.5) is 5.69 Å². The maximum Gasteiger partial charge on any atom is 0.237 e. The van der Waals surface area contributed by atoms with E-state index in [0.717, 1.165) is 9.35 Å². The van der Waals surface area contributed by atoms with Crippen molar-refractivity contribution < 1.29 is 9.59 Å². The van der Waals surface area contributed by atoms with Gasteiger partial charge in [0.15, 0.2) is 10.1 Å². The number of nitrogens with one attached hydrogen (secondary N) is 1. The van der Waals surface area contributed by atoms with Gasteiger partial charge >= 0.3 is 0 Å². The Labute approximate surface area is 131 Å². The Morgan fingerprint density at radius 3 is 2.43 bits per heavy atom. The minimum absolute atomic E-state index is 0.00318. The molecule has 5 nitrogen and oxygen atoms in total. The van der Waals surface area contributed by atoms with E-state index in [1.165, 1.54) is 30.0 Å². The van der Waals surface area contributed by atoms with Crippen molar-refractivity contribution in [2.45, 2.75) is 30.4 Å². The molecule has 0 fully saturated rings. The summed E-state index contributed by atoms with van der Waals surface area (Å²) in [7, 11) is 0. The molecule has 0 saturated carbocycles. The number of rotatable bonds is 5. The Morgan fingerprint density at radius 1 is 1.24 bits per heavy atom. The van der Waals surface area contributed by atoms with Gasteiger partial charge in [-0.3, -0.25) is 9.59 Å². The first-order valence-electron chi connectivity index (χ1n) is 6.34. The van der Waals surface area contributed by atoms with Gasteiger partial charge in [-0.05, 0) is 45.0 Å². The second-order valence-electron chi connectivity index (χ2n) is 4.47. The molecular formula is C14H15N3O2S2. The molecule has 1 aromatic carbocycles. The molecule has 1 atom stereocenters. The van der Waals surface area contributed by atoms with Crippen molar-refractivity contribution in [1.29, 1.82) is 0 Å². The highest BCUT2D eigenvalue weighted by molar-refractivity contribution is 8.02. The van der Waals surface area contributed by atoms with Gasteiger partial charge in [-0.1, -0.05) is 23.1 Å². The molecule has 0 aliphatic heterocycles. The minimum Gasteiger partial charge on any atom is -0.325 e. The van der Waals surface area contributed by atoms with E-state index in [-0.39, 0.29) is 16.9 Å². The summed E-state index contributed by atoms with van der Waals surface area (Å²) in [6.45, 7) is 5.21. The van der Waals surface area contributed by atoms with Crippen LogP contribution in [-0.2, 0) is 4.79 Å². The van der Waals surface area contributed by atoms with E-state index in [1.54, 1.807) is 24.3 Å². The fraction of sp³-hybridized carbons (Fsp3) is 0.286. The maximum absolute atomic E-state index is 12.1. The van der Waals surface area contributed by atoms with Crippen molar-refractivity contribution in [2.24, 2.45) is 0 Å². The number of benzene rings is 1. The van der Waals surface area contributed by atoms with Crippen LogP contribution >= 0.6 is 23.1 Å². The first kappa shape index (κ1) is 15.7. The summed E-state index contributed by atoms with van der Waals surface area (Å²) in [5.41, 5.74) is 1.30. The minimum atomic E-state index is -0.273. The van der Waals surface area contributed by atoms with E-state index in [2.05, 4.69) is 15.5 Å². The van der Waals surface area contributed by atoms with Gasteiger partial charge in [0.1, 0.15) is 5.01 Å². The normalized spacial score (nSPS) is 12.0. The van der Waals surface area contributed by atoms with Crippen molar-refractivity contribution in [1.82, 2.24) is 10.2 Å². The smallest absolute Gasteiger partial charge is 0.237 e. The summed E-state index contributed by atoms with van der Waals surface area (Å²) in [5, 5.41) is 11.3. The molecular weight excluding hydrogens is 306 g/mol. The molecule has 2 rings (SSSR count). The number of hydrogen-bond acceptors (Lipinski definition) is 6. The second-order valence-corrected chi connectivity index (χ2v) is 7.24. The number of Topliss-reactive ketones (excluding diaryl/α,β-unsaturated/α-hetero) is 1. The van der Waals surface area contributed by atoms with Crippen LogP contribution in [0.15, 0.2) is 28.6 Å². The van der Waals surface area contributed by atoms with Gasteiger partial charge in [0.05, 0.1) is 5.25 Å². The number of ketones is 1. The third-order valence-electron chi connectivity index (χ3n) is 2.71. The van der Waals surface area contributed by atoms with E-state index in [0.29, 0.717) is 11.3 Å². The summed E-state index contributed by atoms with van der Waals surface area (Å²) in [4.78, 5) is 23.3. The van der Waals surface area contributed by atoms with Crippen molar-refractivity contribution >= 4 is 40.5 Å². The zero-order valence-electron chi connectivity index (χ0n) is 11.9. The summed E-state index contributed by atoms with van der Waals surface area (Å²) in [6, 6.07) is 6.84. The van der Waals surface area contributed by atoms with Crippen LogP contribution in [-0.4, -0.2) is 27.1 Å². The van der Waals surface area contributed by atoms with Gasteiger partial charge in [0.2, 0.25) is 5.91 Å². The van der Waals surface area contributed by atoms with Crippen LogP contribution in [0, 0.1) is 6.92 Å². The fourth-order valence-electron chi connectivity index (χ4n) is 1.56. The number of nitrogens with zero attached hydrogens (tertiary/aromatic N) is 2. The van der Waals surface area contributed by atoms with E-state index in [9.17, 15) is 9.59 Å². The number of hydrogen-bond donors (Lipinski definition) is 1. The van der Waals surface area contributed by atoms with Gasteiger partial charge < -0.3 is 5.32 Å². The molecule has 0 aliphatic carbocycles. The molecule has 21 heavy (non-hydrogen) atoms. The molecule has 1 heterocycles. The van der Waals surface area contributed by atoms with Crippen molar-refractivity contribution in [2.75, 3.05) is 5.32 Å². The lowest BCUT2D eigenvalue weighted by atomic mass is 10.1. The molecule has 2 aromatic rings. The largest absolute Gasteiger partial charge is 0.325 e. The van der Waals surface area contributed by atoms with Gasteiger partial charge in [-0.15, -0.1) is 10.2 Å². The van der Waals surface area contributed by atoms with E-state index >= 15 is 0 Å². The van der Waals surface area contributed by atoms with Crippen LogP contribution in [0.3, 0.4) is 0 Å². The monoisotopic (exact) mass is 321 g/mol. The summed E-state index contributed by atoms with van der Waals surface area (Å²) in [6.07, 6.45) is 0. The molecule has 110 valence electrons. The van der Waals surface area contributed by atoms with Crippen molar-refractivity contribution in [3.05, 3.63) is 34.8 Å². The molecule has 0 spiro atoms. The van der Waals surface area contributed by atoms with Gasteiger partial charge in [0, 0.05) is 11.3 Å². The Balaban J connectivity index is 1.95. The molecule has 0 saturated heterocycles. The molecule has 1 amide bonds. The van der Waals surface area contributed by atoms with Crippen molar-refractivity contribution in [3.63, 3.8) is 0 Å². The summed E-state index contributed by atoms with van der Waals surface area (Å²) >= 11 is 2.85. The van der Waals surface area contributed by atoms with E-state index < -0.39 is 0 Å². The zero-order valence-corrected chi connectivity index (χ0v) is 13.5. The number of aromatic nitrogens is 2. The first-order valence-corrected chi connectivity index (χ1v) is 8.04. The predicted octanol–water partition coefficient (Wildman–Crippen LogP) is 3.17. The van der Waals surface area contributed by atoms with Crippen LogP contribution < -0.4 is 5.32 Å². The first-order chi connectivity index (χ1) is 9.95. The molecule has 0 radical (unpaired) electrons. The number of amides is 1. The number of thioether (sulfide) groups is 1. The molecule has 7 heteroatoms. The number of anilines is 1. The Morgan fingerprint density at radius 2 is 1.90 bits per heavy atom. The summed E-state index contributed by atoms with van der Waals surface area (Å²) in [5.74, 6) is -0.105. The SMILES string of the molecule is CC(=O)c1ccc(NC(=O)[C@H](C)Sc2nnc(C)s2)cc1. The number of aryl methyl sites for hydroxylation is 1. The van der Waals surface area contributed by atoms with Crippen LogP contribution in [0.2, 0.25) is 0 Å².